The van der Waals surface area contributed by atoms with Crippen molar-refractivity contribution in [2.24, 2.45) is 0 Å². The standard InChI is InChI=1S/C20H17ClF2N4O3S/c21-18-6-5-16(11-19(18)23)27-13-17(12-24-27)31(29,30)26-9-7-25(8-10-26)20(28)14-1-3-15(22)4-2-14/h1-6,11-13H,7-10H2. The second-order valence-corrected chi connectivity index (χ2v) is 9.27. The van der Waals surface area contributed by atoms with E-state index in [9.17, 15) is 22.0 Å². The molecule has 11 heteroatoms. The number of carbonyl (C=O) groups excluding carboxylic acids is 1. The van der Waals surface area contributed by atoms with Gasteiger partial charge in [0.2, 0.25) is 10.0 Å². The summed E-state index contributed by atoms with van der Waals surface area (Å²) in [5.41, 5.74) is 0.673. The number of hydrogen-bond donors (Lipinski definition) is 0. The van der Waals surface area contributed by atoms with E-state index in [1.54, 1.807) is 0 Å². The molecule has 3 aromatic rings. The van der Waals surface area contributed by atoms with E-state index in [-0.39, 0.29) is 42.0 Å². The smallest absolute Gasteiger partial charge is 0.253 e. The van der Waals surface area contributed by atoms with Gasteiger partial charge in [0, 0.05) is 37.8 Å². The fourth-order valence-electron chi connectivity index (χ4n) is 3.26. The van der Waals surface area contributed by atoms with E-state index in [2.05, 4.69) is 5.10 Å². The van der Waals surface area contributed by atoms with Gasteiger partial charge in [0.1, 0.15) is 16.5 Å². The lowest BCUT2D eigenvalue weighted by Crippen LogP contribution is -2.50. The molecule has 0 bridgehead atoms. The first kappa shape index (κ1) is 21.4. The molecule has 31 heavy (non-hydrogen) atoms. The first-order chi connectivity index (χ1) is 14.8. The van der Waals surface area contributed by atoms with Crippen molar-refractivity contribution in [1.29, 1.82) is 0 Å². The molecule has 1 aliphatic heterocycles. The Hall–Kier alpha value is -2.82. The van der Waals surface area contributed by atoms with Crippen LogP contribution in [0.15, 0.2) is 59.8 Å². The molecule has 1 amide bonds. The average Bonchev–Trinajstić information content (AvgIpc) is 3.27. The summed E-state index contributed by atoms with van der Waals surface area (Å²) < 4.78 is 55.2. The summed E-state index contributed by atoms with van der Waals surface area (Å²) in [6.45, 7) is 0.615. The molecule has 1 saturated heterocycles. The van der Waals surface area contributed by atoms with Gasteiger partial charge in [-0.15, -0.1) is 0 Å². The van der Waals surface area contributed by atoms with E-state index in [4.69, 9.17) is 11.6 Å². The van der Waals surface area contributed by atoms with E-state index >= 15 is 0 Å². The molecule has 1 aromatic heterocycles. The molecule has 0 unspecified atom stereocenters. The third kappa shape index (κ3) is 4.32. The number of sulfonamides is 1. The zero-order valence-corrected chi connectivity index (χ0v) is 17.7. The highest BCUT2D eigenvalue weighted by molar-refractivity contribution is 7.89. The van der Waals surface area contributed by atoms with Crippen LogP contribution >= 0.6 is 11.6 Å². The maximum atomic E-state index is 13.7. The van der Waals surface area contributed by atoms with Crippen LogP contribution in [0.4, 0.5) is 8.78 Å². The minimum absolute atomic E-state index is 0.0406. The van der Waals surface area contributed by atoms with Gasteiger partial charge in [0.25, 0.3) is 5.91 Å². The van der Waals surface area contributed by atoms with Crippen LogP contribution in [-0.2, 0) is 10.0 Å². The summed E-state index contributed by atoms with van der Waals surface area (Å²) in [6, 6.07) is 9.25. The van der Waals surface area contributed by atoms with Crippen molar-refractivity contribution >= 4 is 27.5 Å². The van der Waals surface area contributed by atoms with Crippen LogP contribution in [0, 0.1) is 11.6 Å². The van der Waals surface area contributed by atoms with E-state index in [1.807, 2.05) is 0 Å². The lowest BCUT2D eigenvalue weighted by Gasteiger charge is -2.33. The van der Waals surface area contributed by atoms with Crippen LogP contribution in [0.3, 0.4) is 0 Å². The van der Waals surface area contributed by atoms with E-state index < -0.39 is 21.7 Å². The molecule has 0 radical (unpaired) electrons. The van der Waals surface area contributed by atoms with Crippen molar-refractivity contribution in [3.63, 3.8) is 0 Å². The van der Waals surface area contributed by atoms with Crippen molar-refractivity contribution in [2.45, 2.75) is 4.90 Å². The van der Waals surface area contributed by atoms with Crippen molar-refractivity contribution in [3.8, 4) is 5.69 Å². The maximum Gasteiger partial charge on any atom is 0.253 e. The Morgan fingerprint density at radius 1 is 1.00 bits per heavy atom. The van der Waals surface area contributed by atoms with Crippen LogP contribution in [0.1, 0.15) is 10.4 Å². The number of nitrogens with zero attached hydrogens (tertiary/aromatic N) is 4. The minimum Gasteiger partial charge on any atom is -0.336 e. The van der Waals surface area contributed by atoms with Crippen LogP contribution in [0.25, 0.3) is 5.69 Å². The first-order valence-electron chi connectivity index (χ1n) is 9.31. The molecule has 0 spiro atoms. The largest absolute Gasteiger partial charge is 0.336 e. The second-order valence-electron chi connectivity index (χ2n) is 6.92. The molecule has 2 aromatic carbocycles. The summed E-state index contributed by atoms with van der Waals surface area (Å²) in [7, 11) is -3.84. The van der Waals surface area contributed by atoms with Crippen molar-refractivity contribution in [1.82, 2.24) is 19.0 Å². The summed E-state index contributed by atoms with van der Waals surface area (Å²) >= 11 is 5.68. The van der Waals surface area contributed by atoms with Crippen molar-refractivity contribution in [2.75, 3.05) is 26.2 Å². The van der Waals surface area contributed by atoms with Gasteiger partial charge in [-0.25, -0.2) is 21.9 Å². The highest BCUT2D eigenvalue weighted by atomic mass is 35.5. The SMILES string of the molecule is O=C(c1ccc(F)cc1)N1CCN(S(=O)(=O)c2cnn(-c3ccc(Cl)c(F)c3)c2)CC1. The Bertz CT molecular complexity index is 1220. The van der Waals surface area contributed by atoms with Gasteiger partial charge < -0.3 is 4.90 Å². The Kier molecular flexibility index (Phi) is 5.78. The summed E-state index contributed by atoms with van der Waals surface area (Å²) in [5, 5.41) is 3.97. The summed E-state index contributed by atoms with van der Waals surface area (Å²) in [4.78, 5) is 14.0. The Morgan fingerprint density at radius 2 is 1.68 bits per heavy atom. The molecule has 2 heterocycles. The third-order valence-electron chi connectivity index (χ3n) is 4.98. The first-order valence-corrected chi connectivity index (χ1v) is 11.1. The number of amides is 1. The van der Waals surface area contributed by atoms with Gasteiger partial charge in [-0.1, -0.05) is 11.6 Å². The summed E-state index contributed by atoms with van der Waals surface area (Å²) in [6.07, 6.45) is 2.49. The molecule has 7 nitrogen and oxygen atoms in total. The number of carbonyl (C=O) groups is 1. The molecule has 162 valence electrons. The maximum absolute atomic E-state index is 13.7. The van der Waals surface area contributed by atoms with Gasteiger partial charge in [-0.05, 0) is 36.4 Å². The van der Waals surface area contributed by atoms with Gasteiger partial charge >= 0.3 is 0 Å². The molecule has 0 atom stereocenters. The molecule has 1 fully saturated rings. The topological polar surface area (TPSA) is 75.5 Å². The van der Waals surface area contributed by atoms with Crippen molar-refractivity contribution < 1.29 is 22.0 Å². The fraction of sp³-hybridized carbons (Fsp3) is 0.200. The fourth-order valence-corrected chi connectivity index (χ4v) is 4.74. The molecule has 0 N–H and O–H groups in total. The monoisotopic (exact) mass is 466 g/mol. The Morgan fingerprint density at radius 3 is 2.32 bits per heavy atom. The number of rotatable bonds is 4. The lowest BCUT2D eigenvalue weighted by molar-refractivity contribution is 0.0698. The highest BCUT2D eigenvalue weighted by Gasteiger charge is 2.31. The van der Waals surface area contributed by atoms with E-state index in [0.29, 0.717) is 11.3 Å². The predicted octanol–water partition coefficient (Wildman–Crippen LogP) is 2.95. The lowest BCUT2D eigenvalue weighted by atomic mass is 10.2. The van der Waals surface area contributed by atoms with Gasteiger partial charge in [0.15, 0.2) is 0 Å². The molecule has 1 aliphatic rings. The van der Waals surface area contributed by atoms with Crippen LogP contribution < -0.4 is 0 Å². The number of piperazine rings is 1. The molecular weight excluding hydrogens is 450 g/mol. The highest BCUT2D eigenvalue weighted by Crippen LogP contribution is 2.22. The molecule has 0 aliphatic carbocycles. The predicted molar refractivity (Wildman–Crippen MR) is 110 cm³/mol. The molecular formula is C20H17ClF2N4O3S. The molecule has 4 rings (SSSR count). The average molecular weight is 467 g/mol. The number of halogens is 3. The summed E-state index contributed by atoms with van der Waals surface area (Å²) in [5.74, 6) is -1.36. The molecule has 0 saturated carbocycles. The van der Waals surface area contributed by atoms with Gasteiger partial charge in [-0.2, -0.15) is 9.40 Å². The Labute approximate surface area is 182 Å². The third-order valence-corrected chi connectivity index (χ3v) is 7.14. The number of hydrogen-bond acceptors (Lipinski definition) is 4. The zero-order chi connectivity index (χ0) is 22.2. The number of aromatic nitrogens is 2. The number of benzene rings is 2. The van der Waals surface area contributed by atoms with Gasteiger partial charge in [0.05, 0.1) is 23.1 Å². The Balaban J connectivity index is 1.46. The quantitative estimate of drug-likeness (QED) is 0.592. The minimum atomic E-state index is -3.84. The van der Waals surface area contributed by atoms with Crippen LogP contribution in [-0.4, -0.2) is 59.5 Å². The van der Waals surface area contributed by atoms with E-state index in [0.717, 1.165) is 6.07 Å². The van der Waals surface area contributed by atoms with Crippen molar-refractivity contribution in [3.05, 3.63) is 77.1 Å². The van der Waals surface area contributed by atoms with Crippen LogP contribution in [0.5, 0.6) is 0 Å². The van der Waals surface area contributed by atoms with Crippen LogP contribution in [0.2, 0.25) is 5.02 Å². The normalized spacial score (nSPS) is 15.3. The van der Waals surface area contributed by atoms with E-state index in [1.165, 1.54) is 62.7 Å². The second kappa shape index (κ2) is 8.37. The van der Waals surface area contributed by atoms with Gasteiger partial charge in [-0.3, -0.25) is 4.79 Å². The zero-order valence-electron chi connectivity index (χ0n) is 16.1.